The molecule has 3 unspecified atom stereocenters. The van der Waals surface area contributed by atoms with Crippen molar-refractivity contribution in [2.24, 2.45) is 23.5 Å². The summed E-state index contributed by atoms with van der Waals surface area (Å²) in [4.78, 5) is 52.7. The highest BCUT2D eigenvalue weighted by Gasteiger charge is 2.68. The molecule has 4 rings (SSSR count). The van der Waals surface area contributed by atoms with Gasteiger partial charge in [0.05, 0.1) is 29.3 Å². The zero-order valence-corrected chi connectivity index (χ0v) is 21.5. The lowest BCUT2D eigenvalue weighted by molar-refractivity contribution is -0.169. The van der Waals surface area contributed by atoms with Crippen molar-refractivity contribution < 1.29 is 44.7 Å². The minimum Gasteiger partial charge on any atom is -0.508 e. The number of ketones is 2. The molecule has 0 saturated heterocycles. The number of aliphatic hydroxyl groups excluding tert-OH is 3. The molecule has 38 heavy (non-hydrogen) atoms. The number of carbonyl (C=O) groups excluding carboxylic acids is 4. The second-order valence-corrected chi connectivity index (χ2v) is 10.6. The van der Waals surface area contributed by atoms with Crippen LogP contribution in [0.2, 0.25) is 0 Å². The Morgan fingerprint density at radius 2 is 1.74 bits per heavy atom. The number of phenols is 1. The van der Waals surface area contributed by atoms with Crippen LogP contribution in [0.4, 0.5) is 5.69 Å². The van der Waals surface area contributed by atoms with Gasteiger partial charge in [-0.1, -0.05) is 26.8 Å². The summed E-state index contributed by atoms with van der Waals surface area (Å²) in [6.45, 7) is 4.92. The zero-order valence-electron chi connectivity index (χ0n) is 21.5. The van der Waals surface area contributed by atoms with Gasteiger partial charge in [0.1, 0.15) is 22.8 Å². The number of amides is 2. The van der Waals surface area contributed by atoms with E-state index < -0.39 is 93.2 Å². The van der Waals surface area contributed by atoms with Gasteiger partial charge >= 0.3 is 0 Å². The number of hydrogen-bond donors (Lipinski definition) is 7. The van der Waals surface area contributed by atoms with E-state index in [1.165, 1.54) is 31.1 Å². The first-order valence-corrected chi connectivity index (χ1v) is 12.1. The second kappa shape index (κ2) is 8.93. The summed E-state index contributed by atoms with van der Waals surface area (Å²) >= 11 is 0. The topological polar surface area (TPSA) is 211 Å². The third-order valence-corrected chi connectivity index (χ3v) is 7.91. The standard InChI is InChI=1S/C26H31N3O9/c1-8(2)25(37)28-11-7-6-10-9(3)12-14(19(31)13(10)18(11)30)22(34)26(38)16(20(12)32)17(29(4)5)21(33)15(23(26)35)24(27)36/h6-9,12,16-17,20,30-32,35,38H,1-5H3,(H2,27,36)(H,28,37)/t9-,12?,16?,17-,20?,26-/m0/s1. The van der Waals surface area contributed by atoms with E-state index in [1.807, 2.05) is 0 Å². The predicted molar refractivity (Wildman–Crippen MR) is 134 cm³/mol. The Hall–Kier alpha value is -3.74. The monoisotopic (exact) mass is 529 g/mol. The van der Waals surface area contributed by atoms with Crippen LogP contribution in [0.5, 0.6) is 5.75 Å². The minimum absolute atomic E-state index is 0.0321. The SMILES string of the molecule is CC(C)C(=O)Nc1ccc2c(c1O)C(O)=C1C(=O)[C@]3(O)C(O)=C(C(N)=O)C(=O)[C@@H](N(C)C)C3C(O)C1[C@H]2C. The lowest BCUT2D eigenvalue weighted by Crippen LogP contribution is -2.70. The molecular formula is C26H31N3O9. The van der Waals surface area contributed by atoms with Crippen LogP contribution < -0.4 is 11.1 Å². The largest absolute Gasteiger partial charge is 0.508 e. The summed E-state index contributed by atoms with van der Waals surface area (Å²) in [5, 5.41) is 59.0. The second-order valence-electron chi connectivity index (χ2n) is 10.6. The molecule has 0 aliphatic heterocycles. The van der Waals surface area contributed by atoms with Crippen molar-refractivity contribution in [3.63, 3.8) is 0 Å². The number of primary amides is 1. The van der Waals surface area contributed by atoms with Crippen molar-refractivity contribution in [3.8, 4) is 5.75 Å². The molecule has 8 N–H and O–H groups in total. The molecule has 1 saturated carbocycles. The van der Waals surface area contributed by atoms with E-state index >= 15 is 0 Å². The van der Waals surface area contributed by atoms with E-state index in [0.29, 0.717) is 5.56 Å². The van der Waals surface area contributed by atoms with Crippen molar-refractivity contribution >= 4 is 34.8 Å². The average molecular weight is 530 g/mol. The Morgan fingerprint density at radius 3 is 2.26 bits per heavy atom. The van der Waals surface area contributed by atoms with Gasteiger partial charge in [0.15, 0.2) is 11.4 Å². The first kappa shape index (κ1) is 27.3. The lowest BCUT2D eigenvalue weighted by Gasteiger charge is -2.53. The maximum absolute atomic E-state index is 13.9. The molecule has 0 heterocycles. The summed E-state index contributed by atoms with van der Waals surface area (Å²) in [5.74, 6) is -10.6. The highest BCUT2D eigenvalue weighted by Crippen LogP contribution is 2.56. The number of phenolic OH excluding ortho intramolecular Hbond substituents is 1. The number of nitrogens with one attached hydrogen (secondary N) is 1. The molecule has 3 aliphatic carbocycles. The molecule has 3 aliphatic rings. The Morgan fingerprint density at radius 1 is 1.13 bits per heavy atom. The van der Waals surface area contributed by atoms with E-state index in [1.54, 1.807) is 20.8 Å². The molecule has 1 fully saturated rings. The molecule has 0 spiro atoms. The number of rotatable bonds is 4. The molecule has 204 valence electrons. The van der Waals surface area contributed by atoms with Crippen LogP contribution in [0.15, 0.2) is 29.0 Å². The van der Waals surface area contributed by atoms with Crippen molar-refractivity contribution in [2.75, 3.05) is 19.4 Å². The number of aromatic hydroxyl groups is 1. The van der Waals surface area contributed by atoms with Gasteiger partial charge in [-0.15, -0.1) is 0 Å². The van der Waals surface area contributed by atoms with Gasteiger partial charge < -0.3 is 36.6 Å². The van der Waals surface area contributed by atoms with Gasteiger partial charge in [0.25, 0.3) is 5.91 Å². The van der Waals surface area contributed by atoms with Crippen molar-refractivity contribution in [3.05, 3.63) is 40.2 Å². The number of fused-ring (bicyclic) bond motifs is 3. The number of Topliss-reactive ketones (excluding diaryl/α,β-unsaturated/α-hetero) is 2. The first-order chi connectivity index (χ1) is 17.6. The van der Waals surface area contributed by atoms with E-state index in [-0.39, 0.29) is 11.3 Å². The Labute approximate surface area is 218 Å². The third kappa shape index (κ3) is 3.47. The molecule has 12 nitrogen and oxygen atoms in total. The zero-order chi connectivity index (χ0) is 28.6. The highest BCUT2D eigenvalue weighted by molar-refractivity contribution is 6.24. The average Bonchev–Trinajstić information content (AvgIpc) is 2.82. The van der Waals surface area contributed by atoms with E-state index in [9.17, 15) is 44.7 Å². The number of nitrogens with two attached hydrogens (primary N) is 1. The molecule has 6 atom stereocenters. The summed E-state index contributed by atoms with van der Waals surface area (Å²) < 4.78 is 0. The number of nitrogens with zero attached hydrogens (tertiary/aromatic N) is 1. The molecule has 1 aromatic carbocycles. The van der Waals surface area contributed by atoms with Gasteiger partial charge in [0.2, 0.25) is 11.7 Å². The van der Waals surface area contributed by atoms with Gasteiger partial charge in [-0.3, -0.25) is 24.1 Å². The van der Waals surface area contributed by atoms with E-state index in [0.717, 1.165) is 0 Å². The smallest absolute Gasteiger partial charge is 0.255 e. The maximum Gasteiger partial charge on any atom is 0.255 e. The van der Waals surface area contributed by atoms with Gasteiger partial charge in [-0.05, 0) is 31.6 Å². The van der Waals surface area contributed by atoms with Crippen LogP contribution in [0.1, 0.15) is 37.8 Å². The van der Waals surface area contributed by atoms with Crippen molar-refractivity contribution in [2.45, 2.75) is 44.4 Å². The van der Waals surface area contributed by atoms with Crippen LogP contribution in [0, 0.1) is 17.8 Å². The van der Waals surface area contributed by atoms with E-state index in [2.05, 4.69) is 5.32 Å². The fourth-order valence-electron chi connectivity index (χ4n) is 5.99. The molecule has 0 radical (unpaired) electrons. The fraction of sp³-hybridized carbons (Fsp3) is 0.462. The summed E-state index contributed by atoms with van der Waals surface area (Å²) in [5.41, 5.74) is 0.959. The van der Waals surface area contributed by atoms with Gasteiger partial charge in [-0.25, -0.2) is 0 Å². The molecule has 2 amide bonds. The normalized spacial score (nSPS) is 30.8. The fourth-order valence-corrected chi connectivity index (χ4v) is 5.99. The molecule has 0 bridgehead atoms. The lowest BCUT2D eigenvalue weighted by atomic mass is 9.54. The third-order valence-electron chi connectivity index (χ3n) is 7.91. The molecule has 1 aromatic rings. The van der Waals surface area contributed by atoms with Crippen LogP contribution in [-0.2, 0) is 19.2 Å². The number of aliphatic hydroxyl groups is 4. The van der Waals surface area contributed by atoms with Crippen molar-refractivity contribution in [1.29, 1.82) is 0 Å². The first-order valence-electron chi connectivity index (χ1n) is 12.1. The summed E-state index contributed by atoms with van der Waals surface area (Å²) in [7, 11) is 2.88. The van der Waals surface area contributed by atoms with Gasteiger partial charge in [0, 0.05) is 17.4 Å². The number of hydrogen-bond acceptors (Lipinski definition) is 10. The summed E-state index contributed by atoms with van der Waals surface area (Å²) in [6.07, 6.45) is -1.67. The Bertz CT molecular complexity index is 1350. The molecular weight excluding hydrogens is 498 g/mol. The minimum atomic E-state index is -2.98. The van der Waals surface area contributed by atoms with Crippen LogP contribution in [0.3, 0.4) is 0 Å². The molecule has 12 heteroatoms. The maximum atomic E-state index is 13.9. The van der Waals surface area contributed by atoms with E-state index in [4.69, 9.17) is 5.73 Å². The van der Waals surface area contributed by atoms with Crippen LogP contribution >= 0.6 is 0 Å². The quantitative estimate of drug-likeness (QED) is 0.206. The van der Waals surface area contributed by atoms with Crippen LogP contribution in [-0.4, -0.2) is 85.7 Å². The molecule has 0 aromatic heterocycles. The van der Waals surface area contributed by atoms with Gasteiger partial charge in [-0.2, -0.15) is 0 Å². The summed E-state index contributed by atoms with van der Waals surface area (Å²) in [6, 6.07) is 1.53. The van der Waals surface area contributed by atoms with Crippen molar-refractivity contribution in [1.82, 2.24) is 4.90 Å². The Balaban J connectivity index is 1.99. The van der Waals surface area contributed by atoms with Crippen LogP contribution in [0.25, 0.3) is 5.76 Å². The predicted octanol–water partition coefficient (Wildman–Crippen LogP) is 0.0903. The Kier molecular flexibility index (Phi) is 6.41. The number of carbonyl (C=O) groups is 4. The number of likely N-dealkylation sites (N-methyl/N-ethyl adjacent to an activating group) is 1. The highest BCUT2D eigenvalue weighted by atomic mass is 16.4. The number of anilines is 1. The number of benzene rings is 1.